The molecular formula is C53H84O12S. The number of unbranched alkanes of at least 4 members (excludes halogenated alkanes) is 7. The molecule has 12 nitrogen and oxygen atoms in total. The summed E-state index contributed by atoms with van der Waals surface area (Å²) in [4.78, 5) is 12.8. The quantitative estimate of drug-likeness (QED) is 0.0198. The maximum absolute atomic E-state index is 12.8. The smallest absolute Gasteiger partial charge is 0.397 e. The first-order valence-electron chi connectivity index (χ1n) is 24.3. The molecule has 13 heteroatoms. The average molecular weight is 945 g/mol. The molecule has 1 saturated heterocycles. The molecular weight excluding hydrogens is 861 g/mol. The standard InChI is InChI=1S/C53H84O12S/c1-3-5-7-9-11-13-15-17-18-19-20-21-22-23-24-25-26-27-28-29-31-33-35-37-39-41-43-61-45-47(46-62-53-51(57)52(65-66(58,59)60)50(56)48(44-54)64-53)63-49(55)42-40-38-36-34-32-30-16-14-12-10-8-6-4-2/h5-8,11-14,17-18,20-21,23-24,26-27,30,32,36,38,47-48,50-54,56-57H,3-4,9-10,15-16,19,22,25,28-29,31,33-35,37,39-46H2,1-2H3,(H,58,59,60)/b7-5-,8-6-,13-11-,14-12-,18-17-,21-20-,24-23-,27-26-,32-30-,38-36-. The number of hydrogen-bond donors (Lipinski definition) is 4. The zero-order valence-electron chi connectivity index (χ0n) is 39.9. The van der Waals surface area contributed by atoms with Crippen LogP contribution in [0.5, 0.6) is 0 Å². The Labute approximate surface area is 398 Å². The van der Waals surface area contributed by atoms with Crippen molar-refractivity contribution >= 4 is 16.4 Å². The van der Waals surface area contributed by atoms with E-state index in [-0.39, 0.29) is 19.6 Å². The van der Waals surface area contributed by atoms with E-state index in [0.717, 1.165) is 96.3 Å². The molecule has 1 heterocycles. The average Bonchev–Trinajstić information content (AvgIpc) is 3.29. The maximum Gasteiger partial charge on any atom is 0.397 e. The van der Waals surface area contributed by atoms with Crippen LogP contribution in [-0.4, -0.2) is 97.5 Å². The summed E-state index contributed by atoms with van der Waals surface area (Å²) in [7, 11) is -5.08. The molecule has 374 valence electrons. The fourth-order valence-corrected chi connectivity index (χ4v) is 7.02. The van der Waals surface area contributed by atoms with E-state index in [0.29, 0.717) is 13.0 Å². The molecule has 0 aromatic heterocycles. The fourth-order valence-electron chi connectivity index (χ4n) is 6.51. The molecule has 0 amide bonds. The predicted molar refractivity (Wildman–Crippen MR) is 266 cm³/mol. The van der Waals surface area contributed by atoms with Crippen molar-refractivity contribution in [1.29, 1.82) is 0 Å². The lowest BCUT2D eigenvalue weighted by molar-refractivity contribution is -0.301. The van der Waals surface area contributed by atoms with Crippen LogP contribution in [0.25, 0.3) is 0 Å². The van der Waals surface area contributed by atoms with E-state index >= 15 is 0 Å². The Morgan fingerprint density at radius 2 is 1.00 bits per heavy atom. The summed E-state index contributed by atoms with van der Waals surface area (Å²) in [6, 6.07) is 0. The van der Waals surface area contributed by atoms with Gasteiger partial charge in [0, 0.05) is 13.0 Å². The van der Waals surface area contributed by atoms with Crippen LogP contribution < -0.4 is 0 Å². The van der Waals surface area contributed by atoms with Gasteiger partial charge < -0.3 is 34.3 Å². The Morgan fingerprint density at radius 3 is 1.45 bits per heavy atom. The summed E-state index contributed by atoms with van der Waals surface area (Å²) < 4.78 is 59.0. The van der Waals surface area contributed by atoms with Gasteiger partial charge in [0.25, 0.3) is 0 Å². The second kappa shape index (κ2) is 42.8. The van der Waals surface area contributed by atoms with Crippen LogP contribution in [0.15, 0.2) is 122 Å². The van der Waals surface area contributed by atoms with Crippen molar-refractivity contribution in [3.05, 3.63) is 122 Å². The molecule has 0 aromatic carbocycles. The number of aliphatic hydroxyl groups excluding tert-OH is 3. The van der Waals surface area contributed by atoms with Crippen LogP contribution in [-0.2, 0) is 38.3 Å². The van der Waals surface area contributed by atoms with Crippen molar-refractivity contribution < 1.29 is 56.2 Å². The summed E-state index contributed by atoms with van der Waals surface area (Å²) in [6.07, 6.45) is 52.6. The van der Waals surface area contributed by atoms with E-state index in [2.05, 4.69) is 127 Å². The van der Waals surface area contributed by atoms with E-state index in [9.17, 15) is 28.5 Å². The minimum atomic E-state index is -5.08. The topological polar surface area (TPSA) is 178 Å². The van der Waals surface area contributed by atoms with Gasteiger partial charge in [0.1, 0.15) is 30.5 Å². The molecule has 1 rings (SSSR count). The Bertz CT molecular complexity index is 1610. The third-order valence-electron chi connectivity index (χ3n) is 10.1. The zero-order valence-corrected chi connectivity index (χ0v) is 40.8. The normalized spacial score (nSPS) is 20.6. The Balaban J connectivity index is 2.39. The number of rotatable bonds is 40. The number of carbonyl (C=O) groups excluding carboxylic acids is 1. The van der Waals surface area contributed by atoms with Gasteiger partial charge in [-0.05, 0) is 89.9 Å². The molecule has 0 bridgehead atoms. The third-order valence-corrected chi connectivity index (χ3v) is 10.6. The van der Waals surface area contributed by atoms with Gasteiger partial charge in [0.05, 0.1) is 19.8 Å². The third kappa shape index (κ3) is 35.7. The molecule has 0 saturated carbocycles. The number of allylic oxidation sites excluding steroid dienone is 20. The molecule has 1 fully saturated rings. The SMILES string of the molecule is CC/C=C\C/C=C\C/C=C\C/C=C\C/C=C\C/C=C\CCCCCCCCCOCC(COC1OC(CO)C(O)C(OS(=O)(=O)O)C1O)OC(=O)CC/C=C\C/C=C\C/C=C\C/C=C\CC. The van der Waals surface area contributed by atoms with Crippen molar-refractivity contribution in [1.82, 2.24) is 0 Å². The van der Waals surface area contributed by atoms with Crippen LogP contribution in [0, 0.1) is 0 Å². The number of carbonyl (C=O) groups is 1. The zero-order chi connectivity index (χ0) is 48.2. The van der Waals surface area contributed by atoms with Gasteiger partial charge in [-0.2, -0.15) is 8.42 Å². The molecule has 6 unspecified atom stereocenters. The second-order valence-electron chi connectivity index (χ2n) is 15.9. The molecule has 0 aromatic rings. The van der Waals surface area contributed by atoms with Crippen molar-refractivity contribution in [2.45, 2.75) is 179 Å². The molecule has 0 aliphatic carbocycles. The fraction of sp³-hybridized carbons (Fsp3) is 0.604. The van der Waals surface area contributed by atoms with Crippen molar-refractivity contribution in [2.75, 3.05) is 26.4 Å². The summed E-state index contributed by atoms with van der Waals surface area (Å²) >= 11 is 0. The summed E-state index contributed by atoms with van der Waals surface area (Å²) in [5.41, 5.74) is 0. The molecule has 1 aliphatic heterocycles. The Kier molecular flexibility index (Phi) is 39.3. The Morgan fingerprint density at radius 1 is 0.576 bits per heavy atom. The first-order valence-corrected chi connectivity index (χ1v) is 25.7. The lowest BCUT2D eigenvalue weighted by Gasteiger charge is -2.41. The van der Waals surface area contributed by atoms with E-state index in [1.807, 2.05) is 12.2 Å². The highest BCUT2D eigenvalue weighted by Gasteiger charge is 2.48. The van der Waals surface area contributed by atoms with Crippen LogP contribution in [0.2, 0.25) is 0 Å². The van der Waals surface area contributed by atoms with Crippen LogP contribution >= 0.6 is 0 Å². The Hall–Kier alpha value is -3.50. The van der Waals surface area contributed by atoms with E-state index in [1.54, 1.807) is 0 Å². The highest BCUT2D eigenvalue weighted by Crippen LogP contribution is 2.26. The summed E-state index contributed by atoms with van der Waals surface area (Å²) in [5, 5.41) is 30.7. The molecule has 0 radical (unpaired) electrons. The van der Waals surface area contributed by atoms with Crippen LogP contribution in [0.1, 0.15) is 142 Å². The number of esters is 1. The number of ether oxygens (including phenoxy) is 4. The van der Waals surface area contributed by atoms with Gasteiger partial charge in [-0.25, -0.2) is 4.18 Å². The first-order chi connectivity index (χ1) is 32.1. The van der Waals surface area contributed by atoms with Crippen molar-refractivity contribution in [3.8, 4) is 0 Å². The summed E-state index contributed by atoms with van der Waals surface area (Å²) in [5.74, 6) is -0.489. The van der Waals surface area contributed by atoms with Gasteiger partial charge in [-0.15, -0.1) is 0 Å². The number of hydrogen-bond acceptors (Lipinski definition) is 11. The molecule has 1 aliphatic rings. The molecule has 4 N–H and O–H groups in total. The molecule has 66 heavy (non-hydrogen) atoms. The molecule has 0 spiro atoms. The second-order valence-corrected chi connectivity index (χ2v) is 17.0. The minimum Gasteiger partial charge on any atom is -0.457 e. The van der Waals surface area contributed by atoms with Gasteiger partial charge >= 0.3 is 16.4 Å². The lowest BCUT2D eigenvalue weighted by atomic mass is 9.99. The first kappa shape index (κ1) is 60.5. The van der Waals surface area contributed by atoms with Crippen LogP contribution in [0.3, 0.4) is 0 Å². The monoisotopic (exact) mass is 945 g/mol. The van der Waals surface area contributed by atoms with Crippen molar-refractivity contribution in [2.24, 2.45) is 0 Å². The van der Waals surface area contributed by atoms with Gasteiger partial charge in [-0.1, -0.05) is 167 Å². The van der Waals surface area contributed by atoms with E-state index < -0.39 is 59.8 Å². The lowest BCUT2D eigenvalue weighted by Crippen LogP contribution is -2.60. The highest BCUT2D eigenvalue weighted by molar-refractivity contribution is 7.80. The molecule has 6 atom stereocenters. The van der Waals surface area contributed by atoms with E-state index in [1.165, 1.54) is 19.3 Å². The largest absolute Gasteiger partial charge is 0.457 e. The summed E-state index contributed by atoms with van der Waals surface area (Å²) in [6.45, 7) is 3.60. The van der Waals surface area contributed by atoms with Crippen molar-refractivity contribution in [3.63, 3.8) is 0 Å². The van der Waals surface area contributed by atoms with Gasteiger partial charge in [0.15, 0.2) is 6.29 Å². The number of aliphatic hydroxyl groups is 3. The van der Waals surface area contributed by atoms with E-state index in [4.69, 9.17) is 23.5 Å². The predicted octanol–water partition coefficient (Wildman–Crippen LogP) is 11.0. The van der Waals surface area contributed by atoms with Gasteiger partial charge in [0.2, 0.25) is 0 Å². The maximum atomic E-state index is 12.8. The van der Waals surface area contributed by atoms with Gasteiger partial charge in [-0.3, -0.25) is 9.35 Å². The van der Waals surface area contributed by atoms with Crippen LogP contribution in [0.4, 0.5) is 0 Å². The highest BCUT2D eigenvalue weighted by atomic mass is 32.3. The minimum absolute atomic E-state index is 0.00980.